The number of hydrogen-bond donors (Lipinski definition) is 0. The molecule has 1 rings (SSSR count). The number of methoxy groups -OCH3 is 1. The summed E-state index contributed by atoms with van der Waals surface area (Å²) in [4.78, 5) is 11.7. The molecule has 0 bridgehead atoms. The first-order valence-corrected chi connectivity index (χ1v) is 14.8. The first kappa shape index (κ1) is 10.5. The number of nitrogens with zero attached hydrogens (tertiary/aromatic N) is 1. The topological polar surface area (TPSA) is 22.1 Å². The number of thiazole rings is 1. The van der Waals surface area contributed by atoms with Gasteiger partial charge in [-0.25, -0.2) is 0 Å². The molecule has 0 aliphatic rings. The predicted octanol–water partition coefficient (Wildman–Crippen LogP) is 1.83. The Morgan fingerprint density at radius 1 is 1.50 bits per heavy atom. The van der Waals surface area contributed by atoms with Crippen LogP contribution in [0.3, 0.4) is 0 Å². The van der Waals surface area contributed by atoms with E-state index in [2.05, 4.69) is 25.2 Å². The molecule has 68 valence electrons. The van der Waals surface area contributed by atoms with E-state index < -0.39 is 18.4 Å². The Hall–Kier alpha value is 0.389. The molecule has 0 atom stereocenters. The fourth-order valence-corrected chi connectivity index (χ4v) is 6.94. The van der Waals surface area contributed by atoms with Gasteiger partial charge in [0, 0.05) is 0 Å². The van der Waals surface area contributed by atoms with Crippen molar-refractivity contribution < 1.29 is 4.74 Å². The Balaban J connectivity index is 2.77. The van der Waals surface area contributed by atoms with Gasteiger partial charge in [0.2, 0.25) is 0 Å². The maximum atomic E-state index is 5.03. The average molecular weight is 292 g/mol. The van der Waals surface area contributed by atoms with Crippen LogP contribution in [0.2, 0.25) is 14.8 Å². The summed E-state index contributed by atoms with van der Waals surface area (Å²) in [7, 11) is 1.71. The van der Waals surface area contributed by atoms with E-state index in [1.54, 1.807) is 18.4 Å². The quantitative estimate of drug-likeness (QED) is 0.793. The van der Waals surface area contributed by atoms with Gasteiger partial charge in [-0.15, -0.1) is 0 Å². The van der Waals surface area contributed by atoms with Crippen LogP contribution in [0, 0.1) is 0 Å². The molecule has 1 aromatic rings. The predicted molar refractivity (Wildman–Crippen MR) is 55.8 cm³/mol. The molecule has 0 aliphatic heterocycles. The fourth-order valence-electron chi connectivity index (χ4n) is 0.845. The summed E-state index contributed by atoms with van der Waals surface area (Å²) in [6.45, 7) is 0.659. The van der Waals surface area contributed by atoms with Crippen molar-refractivity contribution in [3.63, 3.8) is 0 Å². The van der Waals surface area contributed by atoms with Crippen LogP contribution in [0.5, 0.6) is 0 Å². The Bertz CT molecular complexity index is 254. The minimum atomic E-state index is -1.89. The van der Waals surface area contributed by atoms with E-state index in [1.165, 1.54) is 3.71 Å². The molecule has 0 fully saturated rings. The molecule has 0 radical (unpaired) electrons. The van der Waals surface area contributed by atoms with Crippen molar-refractivity contribution in [1.82, 2.24) is 4.98 Å². The number of hydrogen-bond acceptors (Lipinski definition) is 3. The molecular formula is C8H15NOSSn. The third-order valence-corrected chi connectivity index (χ3v) is 8.12. The zero-order chi connectivity index (χ0) is 9.19. The summed E-state index contributed by atoms with van der Waals surface area (Å²) >= 11 is -0.173. The van der Waals surface area contributed by atoms with Crippen LogP contribution in [0.1, 0.15) is 5.01 Å². The van der Waals surface area contributed by atoms with Crippen LogP contribution in [-0.4, -0.2) is 30.5 Å². The van der Waals surface area contributed by atoms with Gasteiger partial charge in [0.15, 0.2) is 0 Å². The molecule has 0 aliphatic carbocycles. The van der Waals surface area contributed by atoms with Crippen molar-refractivity contribution in [1.29, 1.82) is 0 Å². The van der Waals surface area contributed by atoms with Crippen LogP contribution < -0.4 is 3.71 Å². The summed E-state index contributed by atoms with van der Waals surface area (Å²) < 4.78 is 6.39. The van der Waals surface area contributed by atoms with E-state index in [4.69, 9.17) is 4.74 Å². The SMILES string of the molecule is COCc1n[c]([Sn]([CH3])([CH3])[CH3])cs1. The summed E-state index contributed by atoms with van der Waals surface area (Å²) in [5, 5.41) is 3.31. The zero-order valence-electron chi connectivity index (χ0n) is 8.05. The number of ether oxygens (including phenoxy) is 1. The standard InChI is InChI=1S/C5H6NOS.3CH3.Sn/c1-7-4-5-6-2-3-8-5;;;;/h3H,4H2,1H3;3*1H3;. The van der Waals surface area contributed by atoms with E-state index in [9.17, 15) is 0 Å². The van der Waals surface area contributed by atoms with E-state index in [-0.39, 0.29) is 0 Å². The summed E-state index contributed by atoms with van der Waals surface area (Å²) in [5.41, 5.74) is 0. The third kappa shape index (κ3) is 2.71. The first-order valence-electron chi connectivity index (χ1n) is 3.98. The van der Waals surface area contributed by atoms with E-state index in [0.717, 1.165) is 5.01 Å². The van der Waals surface area contributed by atoms with Crippen molar-refractivity contribution in [2.75, 3.05) is 7.11 Å². The van der Waals surface area contributed by atoms with Gasteiger partial charge in [0.1, 0.15) is 0 Å². The molecule has 0 N–H and O–H groups in total. The molecule has 4 heteroatoms. The Morgan fingerprint density at radius 3 is 2.58 bits per heavy atom. The molecule has 0 aromatic carbocycles. The number of rotatable bonds is 3. The summed E-state index contributed by atoms with van der Waals surface area (Å²) in [5.74, 6) is 0. The Kier molecular flexibility index (Phi) is 3.55. The fraction of sp³-hybridized carbons (Fsp3) is 0.625. The molecule has 0 unspecified atom stereocenters. The van der Waals surface area contributed by atoms with Crippen molar-refractivity contribution >= 4 is 33.4 Å². The van der Waals surface area contributed by atoms with E-state index >= 15 is 0 Å². The molecule has 0 amide bonds. The van der Waals surface area contributed by atoms with Crippen molar-refractivity contribution in [3.05, 3.63) is 10.4 Å². The third-order valence-electron chi connectivity index (χ3n) is 1.59. The van der Waals surface area contributed by atoms with E-state index in [1.807, 2.05) is 0 Å². The van der Waals surface area contributed by atoms with Gasteiger partial charge in [0.05, 0.1) is 0 Å². The number of aromatic nitrogens is 1. The molecule has 0 spiro atoms. The second-order valence-electron chi connectivity index (χ2n) is 3.81. The minimum absolute atomic E-state index is 0.659. The first-order chi connectivity index (χ1) is 5.54. The van der Waals surface area contributed by atoms with Crippen LogP contribution >= 0.6 is 11.3 Å². The van der Waals surface area contributed by atoms with Gasteiger partial charge in [-0.05, 0) is 0 Å². The van der Waals surface area contributed by atoms with Crippen LogP contribution in [0.15, 0.2) is 5.38 Å². The van der Waals surface area contributed by atoms with Crippen LogP contribution in [-0.2, 0) is 11.3 Å². The maximum absolute atomic E-state index is 5.03. The molecule has 1 aromatic heterocycles. The van der Waals surface area contributed by atoms with Gasteiger partial charge in [0.25, 0.3) is 0 Å². The van der Waals surface area contributed by atoms with Crippen molar-refractivity contribution in [3.8, 4) is 0 Å². The van der Waals surface area contributed by atoms with Gasteiger partial charge in [-0.2, -0.15) is 0 Å². The van der Waals surface area contributed by atoms with E-state index in [0.29, 0.717) is 6.61 Å². The van der Waals surface area contributed by atoms with Crippen molar-refractivity contribution in [2.45, 2.75) is 21.4 Å². The summed E-state index contributed by atoms with van der Waals surface area (Å²) in [6, 6.07) is 0. The van der Waals surface area contributed by atoms with Crippen LogP contribution in [0.25, 0.3) is 0 Å². The zero-order valence-corrected chi connectivity index (χ0v) is 11.7. The monoisotopic (exact) mass is 293 g/mol. The normalized spacial score (nSPS) is 12.0. The second-order valence-corrected chi connectivity index (χ2v) is 19.1. The Morgan fingerprint density at radius 2 is 2.17 bits per heavy atom. The van der Waals surface area contributed by atoms with Crippen molar-refractivity contribution in [2.24, 2.45) is 0 Å². The van der Waals surface area contributed by atoms with Gasteiger partial charge in [-0.1, -0.05) is 0 Å². The molecule has 1 heterocycles. The van der Waals surface area contributed by atoms with Gasteiger partial charge in [-0.3, -0.25) is 0 Å². The molecule has 0 saturated carbocycles. The molecule has 12 heavy (non-hydrogen) atoms. The van der Waals surface area contributed by atoms with Gasteiger partial charge < -0.3 is 0 Å². The second kappa shape index (κ2) is 4.07. The van der Waals surface area contributed by atoms with Gasteiger partial charge >= 0.3 is 82.1 Å². The Labute approximate surface area is 81.8 Å². The van der Waals surface area contributed by atoms with Crippen LogP contribution in [0.4, 0.5) is 0 Å². The molecule has 2 nitrogen and oxygen atoms in total. The molecule has 0 saturated heterocycles. The summed E-state index contributed by atoms with van der Waals surface area (Å²) in [6.07, 6.45) is 0. The average Bonchev–Trinajstić information content (AvgIpc) is 2.35. The molecular weight excluding hydrogens is 277 g/mol.